The molecule has 0 saturated carbocycles. The summed E-state index contributed by atoms with van der Waals surface area (Å²) in [5, 5.41) is 38.7. The van der Waals surface area contributed by atoms with Crippen LogP contribution in [0, 0.1) is 27.7 Å². The zero-order chi connectivity index (χ0) is 79.7. The van der Waals surface area contributed by atoms with Gasteiger partial charge in [-0.2, -0.15) is 0 Å². The SMILES string of the molecule is CCOC(=O)C(=O)Cl.CCOC(=O)C(=O)NCC(=O)c1ccccc1.CCOC(=O)c1nnc(-c2ccccc2)s1.Cc1cc(-c2ncc(CN)cc2C)ccn1.Cc1cc(-c2ncc(CNC(=O)c3nnc(-c4ccccc4)s3)cc2C)ccn1.NNC(=O)c1ccccc1.O=C(O)c1nnc(-c2ccccc2)s1. The van der Waals surface area contributed by atoms with Gasteiger partial charge in [-0.25, -0.2) is 25.0 Å². The summed E-state index contributed by atoms with van der Waals surface area (Å²) in [5.74, 6) is -0.188. The summed E-state index contributed by atoms with van der Waals surface area (Å²) in [6.45, 7) is 14.3. The van der Waals surface area contributed by atoms with Gasteiger partial charge in [0, 0.05) is 88.2 Å². The molecule has 3 amide bonds. The van der Waals surface area contributed by atoms with Crippen molar-refractivity contribution in [1.82, 2.24) is 66.6 Å². The van der Waals surface area contributed by atoms with Gasteiger partial charge in [0.2, 0.25) is 15.0 Å². The number of aromatic nitrogens is 10. The van der Waals surface area contributed by atoms with Crippen LogP contribution in [-0.2, 0) is 46.5 Å². The van der Waals surface area contributed by atoms with E-state index < -0.39 is 35.0 Å². The maximum atomic E-state index is 12.4. The lowest BCUT2D eigenvalue weighted by atomic mass is 10.1. The molecule has 0 aliphatic carbocycles. The second kappa shape index (κ2) is 46.3. The second-order valence-corrected chi connectivity index (χ2v) is 25.4. The molecular formula is C78H76ClN15O13S3. The highest BCUT2D eigenvalue weighted by molar-refractivity contribution is 7.17. The number of hydrogen-bond donors (Lipinski definition) is 6. The molecule has 0 atom stereocenters. The Bertz CT molecular complexity index is 4990. The molecule has 28 nitrogen and oxygen atoms in total. The first-order valence-corrected chi connectivity index (χ1v) is 36.2. The van der Waals surface area contributed by atoms with Crippen LogP contribution in [0.25, 0.3) is 54.2 Å². The first kappa shape index (κ1) is 86.1. The predicted octanol–water partition coefficient (Wildman–Crippen LogP) is 11.9. The minimum Gasteiger partial charge on any atom is -0.476 e. The van der Waals surface area contributed by atoms with Crippen LogP contribution in [0.2, 0.25) is 0 Å². The second-order valence-electron chi connectivity index (χ2n) is 22.2. The number of carboxylic acids is 1. The zero-order valence-corrected chi connectivity index (χ0v) is 63.7. The molecule has 5 aromatic carbocycles. The number of hydrazine groups is 1. The van der Waals surface area contributed by atoms with Crippen LogP contribution in [0.4, 0.5) is 0 Å². The topological polar surface area (TPSA) is 419 Å². The molecule has 12 rings (SSSR count). The number of carbonyl (C=O) groups is 9. The van der Waals surface area contributed by atoms with Gasteiger partial charge in [-0.1, -0.05) is 186 Å². The van der Waals surface area contributed by atoms with Crippen LogP contribution in [0.15, 0.2) is 213 Å². The van der Waals surface area contributed by atoms with Gasteiger partial charge in [-0.05, 0) is 119 Å². The molecule has 7 heterocycles. The zero-order valence-electron chi connectivity index (χ0n) is 60.5. The van der Waals surface area contributed by atoms with E-state index in [0.29, 0.717) is 45.8 Å². The Balaban J connectivity index is 0.000000208. The quantitative estimate of drug-likeness (QED) is 0.00640. The van der Waals surface area contributed by atoms with E-state index in [-0.39, 0.29) is 42.4 Å². The van der Waals surface area contributed by atoms with Crippen molar-refractivity contribution in [3.8, 4) is 54.2 Å². The number of carbonyl (C=O) groups excluding carboxylic acids is 8. The van der Waals surface area contributed by atoms with Gasteiger partial charge in [0.25, 0.3) is 11.8 Å². The van der Waals surface area contributed by atoms with Gasteiger partial charge < -0.3 is 35.7 Å². The fourth-order valence-electron chi connectivity index (χ4n) is 8.95. The Morgan fingerprint density at radius 2 is 0.864 bits per heavy atom. The summed E-state index contributed by atoms with van der Waals surface area (Å²) < 4.78 is 13.5. The van der Waals surface area contributed by atoms with E-state index in [1.165, 1.54) is 22.7 Å². The maximum Gasteiger partial charge on any atom is 0.396 e. The summed E-state index contributed by atoms with van der Waals surface area (Å²) in [6.07, 6.45) is 7.21. The maximum absolute atomic E-state index is 12.4. The number of aryl methyl sites for hydroxylation is 4. The van der Waals surface area contributed by atoms with Crippen LogP contribution in [-0.4, -0.2) is 135 Å². The Labute approximate surface area is 649 Å². The molecule has 0 bridgehead atoms. The average Bonchev–Trinajstić information content (AvgIpc) is 1.07. The Morgan fingerprint density at radius 1 is 0.455 bits per heavy atom. The molecule has 0 fully saturated rings. The minimum absolute atomic E-state index is 0.0175. The number of pyridine rings is 4. The number of benzene rings is 5. The predicted molar refractivity (Wildman–Crippen MR) is 418 cm³/mol. The molecule has 32 heteroatoms. The van der Waals surface area contributed by atoms with Gasteiger partial charge >= 0.3 is 35.0 Å². The Morgan fingerprint density at radius 3 is 1.27 bits per heavy atom. The fraction of sp³-hybridized carbons (Fsp3) is 0.167. The standard InChI is InChI=1S/C22H19N5OS.C13H15N3.C12H13NO4.C11H10N2O2S.C9H6N2O2S.C7H8N2O.C4H5ClO3/c1-14-10-16(12-24-19(14)18-8-9-23-15(2)11-18)13-25-20(28)22-27-26-21(29-22)17-6-4-3-5-7-17;1-9-5-11(7-14)8-16-13(9)12-3-4-15-10(2)6-12;1-2-17-12(16)11(15)13-8-10(14)9-6-4-3-5-7-9;1-2-15-11(14)10-13-12-9(16-10)8-6-4-3-5-7-8;12-9(13)8-11-10-7(14-8)6-4-2-1-3-5-6;8-9-7(10)6-4-2-1-3-5-6;1-2-8-4(7)3(5)6/h3-12H,13H2,1-2H3,(H,25,28);3-6,8H,7,14H2,1-2H3;3-7H,2,8H2,1H3,(H,13,15);3-7H,2H2,1H3;1-5H,(H,12,13);1-5H,8H2,(H,9,10);2H2,1H3. The van der Waals surface area contributed by atoms with Crippen LogP contribution < -0.4 is 27.6 Å². The number of nitrogens with zero attached hydrogens (tertiary/aromatic N) is 10. The van der Waals surface area contributed by atoms with E-state index in [1.54, 1.807) is 87.8 Å². The molecule has 0 saturated heterocycles. The summed E-state index contributed by atoms with van der Waals surface area (Å²) in [7, 11) is 0. The van der Waals surface area contributed by atoms with E-state index in [0.717, 1.165) is 94.2 Å². The van der Waals surface area contributed by atoms with Gasteiger partial charge in [-0.15, -0.1) is 30.6 Å². The number of hydrogen-bond acceptors (Lipinski definition) is 27. The number of nitrogens with one attached hydrogen (secondary N) is 3. The van der Waals surface area contributed by atoms with E-state index in [4.69, 9.17) is 33.0 Å². The molecule has 0 radical (unpaired) electrons. The number of rotatable bonds is 19. The first-order chi connectivity index (χ1) is 53.1. The molecule has 110 heavy (non-hydrogen) atoms. The Kier molecular flexibility index (Phi) is 36.3. The highest BCUT2D eigenvalue weighted by atomic mass is 35.5. The number of amides is 3. The number of esters is 3. The smallest absolute Gasteiger partial charge is 0.396 e. The third-order valence-corrected chi connectivity index (χ3v) is 17.1. The molecule has 0 unspecified atom stereocenters. The number of nitrogens with two attached hydrogens (primary N) is 2. The van der Waals surface area contributed by atoms with Gasteiger partial charge in [0.05, 0.1) is 37.8 Å². The van der Waals surface area contributed by atoms with Crippen molar-refractivity contribution in [3.63, 3.8) is 0 Å². The van der Waals surface area contributed by atoms with Crippen LogP contribution in [0.5, 0.6) is 0 Å². The average molecular weight is 1560 g/mol. The molecule has 8 N–H and O–H groups in total. The van der Waals surface area contributed by atoms with E-state index in [2.05, 4.69) is 83.6 Å². The van der Waals surface area contributed by atoms with Crippen LogP contribution in [0.3, 0.4) is 0 Å². The molecule has 12 aromatic rings. The van der Waals surface area contributed by atoms with Crippen molar-refractivity contribution in [3.05, 3.63) is 273 Å². The number of ketones is 1. The molecule has 0 spiro atoms. The van der Waals surface area contributed by atoms with Crippen LogP contribution >= 0.6 is 45.6 Å². The number of aromatic carboxylic acids is 1. The van der Waals surface area contributed by atoms with Crippen molar-refractivity contribution in [2.24, 2.45) is 11.6 Å². The summed E-state index contributed by atoms with van der Waals surface area (Å²) in [5.41, 5.74) is 21.7. The van der Waals surface area contributed by atoms with E-state index in [1.807, 2.05) is 166 Å². The lowest BCUT2D eigenvalue weighted by Gasteiger charge is -2.09. The number of nitrogen functional groups attached to an aromatic ring is 1. The lowest BCUT2D eigenvalue weighted by Crippen LogP contribution is -2.36. The van der Waals surface area contributed by atoms with Crippen molar-refractivity contribution in [2.75, 3.05) is 26.4 Å². The van der Waals surface area contributed by atoms with Gasteiger partial charge in [-0.3, -0.25) is 49.3 Å². The van der Waals surface area contributed by atoms with Gasteiger partial charge in [0.15, 0.2) is 5.78 Å². The van der Waals surface area contributed by atoms with Crippen molar-refractivity contribution in [1.29, 1.82) is 0 Å². The number of halogens is 1. The minimum atomic E-state index is -1.08. The van der Waals surface area contributed by atoms with Crippen LogP contribution in [0.1, 0.15) is 105 Å². The number of carboxylic acid groups (broad SMARTS) is 1. The largest absolute Gasteiger partial charge is 0.476 e. The number of Topliss-reactive ketones (excluding diaryl/α,β-unsaturated/α-hetero) is 1. The fourth-order valence-corrected chi connectivity index (χ4v) is 11.2. The summed E-state index contributed by atoms with van der Waals surface area (Å²) in [6, 6.07) is 58.1. The lowest BCUT2D eigenvalue weighted by molar-refractivity contribution is -0.154. The summed E-state index contributed by atoms with van der Waals surface area (Å²) in [4.78, 5) is 116. The Hall–Kier alpha value is -12.8. The van der Waals surface area contributed by atoms with E-state index >= 15 is 0 Å². The normalized spacial score (nSPS) is 9.95. The van der Waals surface area contributed by atoms with Crippen molar-refractivity contribution < 1.29 is 62.5 Å². The van der Waals surface area contributed by atoms with E-state index in [9.17, 15) is 43.2 Å². The monoisotopic (exact) mass is 1560 g/mol. The van der Waals surface area contributed by atoms with Crippen molar-refractivity contribution in [2.45, 2.75) is 61.6 Å². The third-order valence-electron chi connectivity index (χ3n) is 14.0. The molecule has 566 valence electrons. The van der Waals surface area contributed by atoms with Gasteiger partial charge in [0.1, 0.15) is 15.0 Å². The highest BCUT2D eigenvalue weighted by Crippen LogP contribution is 2.27. The third kappa shape index (κ3) is 28.8. The van der Waals surface area contributed by atoms with Crippen molar-refractivity contribution >= 4 is 98.2 Å². The summed E-state index contributed by atoms with van der Waals surface area (Å²) >= 11 is 8.28. The first-order valence-electron chi connectivity index (χ1n) is 33.3. The molecule has 0 aliphatic rings. The molecular weight excluding hydrogens is 1490 g/mol. The highest BCUT2D eigenvalue weighted by Gasteiger charge is 2.19. The molecule has 7 aromatic heterocycles. The molecule has 0 aliphatic heterocycles. The number of ether oxygens (including phenoxy) is 3.